The van der Waals surface area contributed by atoms with Crippen molar-refractivity contribution in [3.63, 3.8) is 0 Å². The highest BCUT2D eigenvalue weighted by molar-refractivity contribution is 7.99. The summed E-state index contributed by atoms with van der Waals surface area (Å²) in [5.74, 6) is 0.642. The van der Waals surface area contributed by atoms with Gasteiger partial charge in [-0.15, -0.1) is 11.8 Å². The number of thioether (sulfide) groups is 1. The first kappa shape index (κ1) is 17.3. The summed E-state index contributed by atoms with van der Waals surface area (Å²) in [6, 6.07) is 10.5. The van der Waals surface area contributed by atoms with E-state index in [0.717, 1.165) is 16.5 Å². The number of aromatic nitrogens is 1. The molecule has 0 saturated heterocycles. The Labute approximate surface area is 151 Å². The summed E-state index contributed by atoms with van der Waals surface area (Å²) >= 11 is 1.64. The fourth-order valence-electron chi connectivity index (χ4n) is 2.54. The Morgan fingerprint density at radius 2 is 2.08 bits per heavy atom. The van der Waals surface area contributed by atoms with E-state index in [4.69, 9.17) is 0 Å². The van der Waals surface area contributed by atoms with E-state index in [0.29, 0.717) is 17.8 Å². The fourth-order valence-corrected chi connectivity index (χ4v) is 3.47. The number of pyridine rings is 1. The SMILES string of the molecule is CC(C)NC(=O)c1cccc(NC(=O)N2CCSc3ncccc32)c1. The van der Waals surface area contributed by atoms with E-state index in [9.17, 15) is 9.59 Å². The van der Waals surface area contributed by atoms with Crippen LogP contribution in [0.2, 0.25) is 0 Å². The van der Waals surface area contributed by atoms with Gasteiger partial charge in [-0.2, -0.15) is 0 Å². The van der Waals surface area contributed by atoms with Gasteiger partial charge >= 0.3 is 6.03 Å². The molecule has 3 rings (SSSR count). The highest BCUT2D eigenvalue weighted by atomic mass is 32.2. The Morgan fingerprint density at radius 3 is 2.88 bits per heavy atom. The van der Waals surface area contributed by atoms with Crippen molar-refractivity contribution < 1.29 is 9.59 Å². The van der Waals surface area contributed by atoms with E-state index in [1.807, 2.05) is 26.0 Å². The molecule has 0 bridgehead atoms. The van der Waals surface area contributed by atoms with Crippen LogP contribution >= 0.6 is 11.8 Å². The molecule has 0 aliphatic carbocycles. The predicted octanol–water partition coefficient (Wildman–Crippen LogP) is 3.36. The normalized spacial score (nSPS) is 13.3. The van der Waals surface area contributed by atoms with Gasteiger partial charge in [0, 0.05) is 35.8 Å². The molecule has 0 saturated carbocycles. The van der Waals surface area contributed by atoms with Gasteiger partial charge in [-0.05, 0) is 44.2 Å². The van der Waals surface area contributed by atoms with Gasteiger partial charge in [-0.1, -0.05) is 6.07 Å². The average Bonchev–Trinajstić information content (AvgIpc) is 2.61. The highest BCUT2D eigenvalue weighted by Crippen LogP contribution is 2.32. The van der Waals surface area contributed by atoms with Gasteiger partial charge in [0.2, 0.25) is 0 Å². The van der Waals surface area contributed by atoms with Gasteiger partial charge in [0.25, 0.3) is 5.91 Å². The summed E-state index contributed by atoms with van der Waals surface area (Å²) in [6.45, 7) is 4.43. The zero-order valence-electron chi connectivity index (χ0n) is 14.2. The van der Waals surface area contributed by atoms with Crippen LogP contribution in [0.1, 0.15) is 24.2 Å². The van der Waals surface area contributed by atoms with E-state index < -0.39 is 0 Å². The van der Waals surface area contributed by atoms with Crippen molar-refractivity contribution in [2.75, 3.05) is 22.5 Å². The van der Waals surface area contributed by atoms with E-state index in [1.54, 1.807) is 47.1 Å². The second-order valence-corrected chi connectivity index (χ2v) is 7.05. The molecule has 1 aromatic heterocycles. The lowest BCUT2D eigenvalue weighted by Gasteiger charge is -2.28. The van der Waals surface area contributed by atoms with Crippen LogP contribution in [0.3, 0.4) is 0 Å². The number of hydrogen-bond donors (Lipinski definition) is 2. The maximum atomic E-state index is 12.7. The van der Waals surface area contributed by atoms with Crippen LogP contribution in [0.5, 0.6) is 0 Å². The number of nitrogens with one attached hydrogen (secondary N) is 2. The summed E-state index contributed by atoms with van der Waals surface area (Å²) in [5, 5.41) is 6.57. The van der Waals surface area contributed by atoms with Crippen molar-refractivity contribution >= 4 is 35.1 Å². The van der Waals surface area contributed by atoms with Crippen LogP contribution in [0.25, 0.3) is 0 Å². The summed E-state index contributed by atoms with van der Waals surface area (Å²) in [5.41, 5.74) is 1.91. The largest absolute Gasteiger partial charge is 0.350 e. The Kier molecular flexibility index (Phi) is 5.23. The number of anilines is 2. The lowest BCUT2D eigenvalue weighted by molar-refractivity contribution is 0.0943. The van der Waals surface area contributed by atoms with E-state index in [-0.39, 0.29) is 18.0 Å². The number of benzene rings is 1. The average molecular weight is 356 g/mol. The number of carbonyl (C=O) groups is 2. The van der Waals surface area contributed by atoms with Gasteiger partial charge in [0.15, 0.2) is 0 Å². The number of fused-ring (bicyclic) bond motifs is 1. The van der Waals surface area contributed by atoms with Crippen molar-refractivity contribution in [2.24, 2.45) is 0 Å². The van der Waals surface area contributed by atoms with Crippen molar-refractivity contribution in [3.05, 3.63) is 48.2 Å². The number of carbonyl (C=O) groups excluding carboxylic acids is 2. The molecule has 0 fully saturated rings. The Balaban J connectivity index is 1.75. The van der Waals surface area contributed by atoms with E-state index in [2.05, 4.69) is 15.6 Å². The van der Waals surface area contributed by atoms with Crippen molar-refractivity contribution in [1.82, 2.24) is 10.3 Å². The molecule has 130 valence electrons. The van der Waals surface area contributed by atoms with Gasteiger partial charge in [-0.25, -0.2) is 9.78 Å². The molecule has 7 heteroatoms. The molecule has 0 unspecified atom stereocenters. The van der Waals surface area contributed by atoms with Gasteiger partial charge < -0.3 is 10.6 Å². The second kappa shape index (κ2) is 7.57. The zero-order valence-corrected chi connectivity index (χ0v) is 15.0. The summed E-state index contributed by atoms with van der Waals surface area (Å²) < 4.78 is 0. The number of urea groups is 1. The number of rotatable bonds is 3. The molecule has 0 atom stereocenters. The lowest BCUT2D eigenvalue weighted by atomic mass is 10.2. The fraction of sp³-hybridized carbons (Fsp3) is 0.278. The molecular formula is C18H20N4O2S. The molecule has 6 nitrogen and oxygen atoms in total. The number of amides is 3. The van der Waals surface area contributed by atoms with Crippen LogP contribution in [0, 0.1) is 0 Å². The third-order valence-electron chi connectivity index (χ3n) is 3.64. The molecule has 25 heavy (non-hydrogen) atoms. The Hall–Kier alpha value is -2.54. The van der Waals surface area contributed by atoms with Gasteiger partial charge in [0.05, 0.1) is 5.69 Å². The van der Waals surface area contributed by atoms with E-state index >= 15 is 0 Å². The summed E-state index contributed by atoms with van der Waals surface area (Å²) in [6.07, 6.45) is 1.73. The third-order valence-corrected chi connectivity index (χ3v) is 4.61. The molecule has 3 amide bonds. The molecule has 0 radical (unpaired) electrons. The summed E-state index contributed by atoms with van der Waals surface area (Å²) in [4.78, 5) is 30.8. The standard InChI is InChI=1S/C18H20N4O2S/c1-12(2)20-16(23)13-5-3-6-14(11-13)21-18(24)22-9-10-25-17-15(22)7-4-8-19-17/h3-8,11-12H,9-10H2,1-2H3,(H,20,23)(H,21,24). The summed E-state index contributed by atoms with van der Waals surface area (Å²) in [7, 11) is 0. The molecule has 2 aromatic rings. The molecule has 2 N–H and O–H groups in total. The topological polar surface area (TPSA) is 74.3 Å². The minimum Gasteiger partial charge on any atom is -0.350 e. The first-order chi connectivity index (χ1) is 12.0. The van der Waals surface area contributed by atoms with E-state index in [1.165, 1.54) is 0 Å². The van der Waals surface area contributed by atoms with Crippen LogP contribution < -0.4 is 15.5 Å². The number of hydrogen-bond acceptors (Lipinski definition) is 4. The predicted molar refractivity (Wildman–Crippen MR) is 100 cm³/mol. The maximum absolute atomic E-state index is 12.7. The lowest BCUT2D eigenvalue weighted by Crippen LogP contribution is -2.39. The molecule has 1 aliphatic rings. The van der Waals surface area contributed by atoms with Gasteiger partial charge in [0.1, 0.15) is 5.03 Å². The maximum Gasteiger partial charge on any atom is 0.326 e. The zero-order chi connectivity index (χ0) is 17.8. The number of nitrogens with zero attached hydrogens (tertiary/aromatic N) is 2. The highest BCUT2D eigenvalue weighted by Gasteiger charge is 2.23. The monoisotopic (exact) mass is 356 g/mol. The third kappa shape index (κ3) is 4.11. The van der Waals surface area contributed by atoms with Crippen LogP contribution in [0.4, 0.5) is 16.2 Å². The van der Waals surface area contributed by atoms with Crippen molar-refractivity contribution in [2.45, 2.75) is 24.9 Å². The molecular weight excluding hydrogens is 336 g/mol. The molecule has 1 aliphatic heterocycles. The molecule has 1 aromatic carbocycles. The molecule has 0 spiro atoms. The van der Waals surface area contributed by atoms with Crippen LogP contribution in [0.15, 0.2) is 47.6 Å². The minimum absolute atomic E-state index is 0.0561. The Morgan fingerprint density at radius 1 is 1.24 bits per heavy atom. The van der Waals surface area contributed by atoms with Crippen LogP contribution in [-0.2, 0) is 0 Å². The smallest absolute Gasteiger partial charge is 0.326 e. The Bertz CT molecular complexity index is 794. The first-order valence-electron chi connectivity index (χ1n) is 8.12. The van der Waals surface area contributed by atoms with Crippen LogP contribution in [-0.4, -0.2) is 35.3 Å². The second-order valence-electron chi connectivity index (χ2n) is 5.97. The molecule has 2 heterocycles. The van der Waals surface area contributed by atoms with Gasteiger partial charge in [-0.3, -0.25) is 9.69 Å². The van der Waals surface area contributed by atoms with Crippen molar-refractivity contribution in [1.29, 1.82) is 0 Å². The minimum atomic E-state index is -0.226. The first-order valence-corrected chi connectivity index (χ1v) is 9.10. The quantitative estimate of drug-likeness (QED) is 0.884. The van der Waals surface area contributed by atoms with Crippen molar-refractivity contribution in [3.8, 4) is 0 Å².